The van der Waals surface area contributed by atoms with Crippen molar-refractivity contribution in [2.24, 2.45) is 0 Å². The Kier molecular flexibility index (Phi) is 6.09. The molecule has 1 saturated heterocycles. The van der Waals surface area contributed by atoms with Crippen LogP contribution < -0.4 is 11.1 Å². The Balaban J connectivity index is 1.63. The molecule has 0 aliphatic carbocycles. The molecule has 22 heavy (non-hydrogen) atoms. The van der Waals surface area contributed by atoms with Gasteiger partial charge in [-0.15, -0.1) is 0 Å². The summed E-state index contributed by atoms with van der Waals surface area (Å²) in [7, 11) is 2.13. The number of anilines is 1. The van der Waals surface area contributed by atoms with Crippen LogP contribution in [-0.4, -0.2) is 60.2 Å². The average Bonchev–Trinajstić information content (AvgIpc) is 2.48. The molecule has 1 fully saturated rings. The summed E-state index contributed by atoms with van der Waals surface area (Å²) in [6, 6.07) is 0. The Bertz CT molecular complexity index is 501. The lowest BCUT2D eigenvalue weighted by Gasteiger charge is -2.28. The van der Waals surface area contributed by atoms with Gasteiger partial charge < -0.3 is 20.7 Å². The van der Waals surface area contributed by atoms with Crippen LogP contribution in [0.5, 0.6) is 0 Å². The number of nitrogens with one attached hydrogen (secondary N) is 1. The largest absolute Gasteiger partial charge is 0.378 e. The maximum absolute atomic E-state index is 12.0. The third-order valence-corrected chi connectivity index (χ3v) is 3.87. The van der Waals surface area contributed by atoms with Gasteiger partial charge in [0, 0.05) is 32.4 Å². The fourth-order valence-electron chi connectivity index (χ4n) is 2.48. The number of likely N-dealkylation sites (tertiary alicyclic amines) is 1. The minimum Gasteiger partial charge on any atom is -0.378 e. The van der Waals surface area contributed by atoms with Crippen molar-refractivity contribution < 1.29 is 9.53 Å². The zero-order chi connectivity index (χ0) is 15.9. The quantitative estimate of drug-likeness (QED) is 0.748. The van der Waals surface area contributed by atoms with Crippen LogP contribution in [0, 0.1) is 6.92 Å². The zero-order valence-corrected chi connectivity index (χ0v) is 13.3. The second-order valence-corrected chi connectivity index (χ2v) is 5.71. The summed E-state index contributed by atoms with van der Waals surface area (Å²) in [4.78, 5) is 22.1. The molecule has 0 aromatic carbocycles. The third kappa shape index (κ3) is 4.92. The molecule has 0 unspecified atom stereocenters. The molecule has 0 bridgehead atoms. The van der Waals surface area contributed by atoms with Gasteiger partial charge in [0.05, 0.1) is 17.4 Å². The molecule has 2 rings (SSSR count). The first kappa shape index (κ1) is 16.6. The van der Waals surface area contributed by atoms with Crippen molar-refractivity contribution in [2.45, 2.75) is 32.3 Å². The minimum absolute atomic E-state index is 0.170. The summed E-state index contributed by atoms with van der Waals surface area (Å²) in [5.74, 6) is 0.0115. The van der Waals surface area contributed by atoms with Gasteiger partial charge >= 0.3 is 0 Å². The first-order valence-corrected chi connectivity index (χ1v) is 7.73. The number of piperidine rings is 1. The lowest BCUT2D eigenvalue weighted by atomic mass is 10.1. The molecule has 3 N–H and O–H groups in total. The molecule has 0 radical (unpaired) electrons. The van der Waals surface area contributed by atoms with Gasteiger partial charge in [-0.05, 0) is 33.2 Å². The monoisotopic (exact) mass is 307 g/mol. The number of carbonyl (C=O) groups excluding carboxylic acids is 1. The van der Waals surface area contributed by atoms with Crippen molar-refractivity contribution >= 4 is 11.9 Å². The minimum atomic E-state index is -0.170. The summed E-state index contributed by atoms with van der Waals surface area (Å²) in [6.45, 7) is 5.19. The smallest absolute Gasteiger partial charge is 0.254 e. The normalized spacial score (nSPS) is 16.6. The van der Waals surface area contributed by atoms with Gasteiger partial charge in [0.1, 0.15) is 0 Å². The van der Waals surface area contributed by atoms with E-state index in [0.717, 1.165) is 32.4 Å². The highest BCUT2D eigenvalue weighted by atomic mass is 16.5. The van der Waals surface area contributed by atoms with Crippen LogP contribution in [0.4, 0.5) is 5.95 Å². The summed E-state index contributed by atoms with van der Waals surface area (Å²) < 4.78 is 5.84. The second-order valence-electron chi connectivity index (χ2n) is 5.71. The van der Waals surface area contributed by atoms with Gasteiger partial charge in [0.2, 0.25) is 5.95 Å². The number of hydrogen-bond donors (Lipinski definition) is 2. The van der Waals surface area contributed by atoms with Gasteiger partial charge in [0.25, 0.3) is 5.91 Å². The molecule has 0 spiro atoms. The molecule has 2 heterocycles. The Morgan fingerprint density at radius 2 is 2.23 bits per heavy atom. The Morgan fingerprint density at radius 3 is 2.91 bits per heavy atom. The molecule has 0 saturated carbocycles. The van der Waals surface area contributed by atoms with Crippen LogP contribution in [0.3, 0.4) is 0 Å². The van der Waals surface area contributed by atoms with Crippen LogP contribution in [0.1, 0.15) is 35.3 Å². The van der Waals surface area contributed by atoms with Crippen molar-refractivity contribution in [1.29, 1.82) is 0 Å². The maximum atomic E-state index is 12.0. The SMILES string of the molecule is Cc1nc(N)ncc1C(=O)NCCCOC1CCN(C)CC1. The van der Waals surface area contributed by atoms with E-state index >= 15 is 0 Å². The number of ether oxygens (including phenoxy) is 1. The van der Waals surface area contributed by atoms with Crippen molar-refractivity contribution in [2.75, 3.05) is 39.0 Å². The number of hydrogen-bond acceptors (Lipinski definition) is 6. The lowest BCUT2D eigenvalue weighted by molar-refractivity contribution is 0.0117. The lowest BCUT2D eigenvalue weighted by Crippen LogP contribution is -2.34. The summed E-state index contributed by atoms with van der Waals surface area (Å²) in [6.07, 6.45) is 4.80. The van der Waals surface area contributed by atoms with Gasteiger partial charge in [0.15, 0.2) is 0 Å². The number of aryl methyl sites for hydroxylation is 1. The van der Waals surface area contributed by atoms with Gasteiger partial charge in [-0.3, -0.25) is 4.79 Å². The highest BCUT2D eigenvalue weighted by Gasteiger charge is 2.16. The van der Waals surface area contributed by atoms with Crippen molar-refractivity contribution in [3.63, 3.8) is 0 Å². The first-order valence-electron chi connectivity index (χ1n) is 7.73. The Morgan fingerprint density at radius 1 is 1.50 bits per heavy atom. The van der Waals surface area contributed by atoms with E-state index in [-0.39, 0.29) is 11.9 Å². The fraction of sp³-hybridized carbons (Fsp3) is 0.667. The number of nitrogen functional groups attached to an aromatic ring is 1. The number of amides is 1. The van der Waals surface area contributed by atoms with Crippen molar-refractivity contribution in [3.8, 4) is 0 Å². The van der Waals surface area contributed by atoms with Gasteiger partial charge in [-0.2, -0.15) is 0 Å². The van der Waals surface area contributed by atoms with E-state index in [9.17, 15) is 4.79 Å². The van der Waals surface area contributed by atoms with Crippen LogP contribution in [-0.2, 0) is 4.74 Å². The second kappa shape index (κ2) is 8.05. The third-order valence-electron chi connectivity index (χ3n) is 3.87. The zero-order valence-electron chi connectivity index (χ0n) is 13.3. The van der Waals surface area contributed by atoms with Crippen LogP contribution in [0.2, 0.25) is 0 Å². The molecular weight excluding hydrogens is 282 g/mol. The molecule has 1 aromatic rings. The summed E-state index contributed by atoms with van der Waals surface area (Å²) in [5.41, 5.74) is 6.53. The molecule has 1 amide bonds. The van der Waals surface area contributed by atoms with E-state index < -0.39 is 0 Å². The first-order chi connectivity index (χ1) is 10.6. The number of carbonyl (C=O) groups is 1. The van der Waals surface area contributed by atoms with E-state index in [4.69, 9.17) is 10.5 Å². The molecule has 1 aliphatic heterocycles. The van der Waals surface area contributed by atoms with Gasteiger partial charge in [-0.1, -0.05) is 0 Å². The predicted octanol–water partition coefficient (Wildman–Crippen LogP) is 0.598. The molecular formula is C15H25N5O2. The van der Waals surface area contributed by atoms with Gasteiger partial charge in [-0.25, -0.2) is 9.97 Å². The van der Waals surface area contributed by atoms with E-state index in [1.807, 2.05) is 0 Å². The Labute approximate surface area is 131 Å². The maximum Gasteiger partial charge on any atom is 0.254 e. The topological polar surface area (TPSA) is 93.4 Å². The van der Waals surface area contributed by atoms with E-state index in [2.05, 4.69) is 27.2 Å². The molecule has 0 atom stereocenters. The summed E-state index contributed by atoms with van der Waals surface area (Å²) in [5, 5.41) is 2.86. The number of aromatic nitrogens is 2. The van der Waals surface area contributed by atoms with Crippen molar-refractivity contribution in [3.05, 3.63) is 17.5 Å². The standard InChI is InChI=1S/C15H25N5O2/c1-11-13(10-18-15(16)19-11)14(21)17-6-3-9-22-12-4-7-20(2)8-5-12/h10,12H,3-9H2,1-2H3,(H,17,21)(H2,16,18,19). The number of nitrogens with two attached hydrogens (primary N) is 1. The van der Waals surface area contributed by atoms with Crippen LogP contribution >= 0.6 is 0 Å². The molecule has 1 aliphatic rings. The van der Waals surface area contributed by atoms with E-state index in [0.29, 0.717) is 30.5 Å². The predicted molar refractivity (Wildman–Crippen MR) is 84.6 cm³/mol. The highest BCUT2D eigenvalue weighted by Crippen LogP contribution is 2.12. The fourth-order valence-corrected chi connectivity index (χ4v) is 2.48. The molecule has 7 heteroatoms. The molecule has 122 valence electrons. The molecule has 7 nitrogen and oxygen atoms in total. The average molecular weight is 307 g/mol. The summed E-state index contributed by atoms with van der Waals surface area (Å²) >= 11 is 0. The number of rotatable bonds is 6. The van der Waals surface area contributed by atoms with Crippen molar-refractivity contribution in [1.82, 2.24) is 20.2 Å². The van der Waals surface area contributed by atoms with Crippen LogP contribution in [0.25, 0.3) is 0 Å². The van der Waals surface area contributed by atoms with E-state index in [1.54, 1.807) is 6.92 Å². The Hall–Kier alpha value is -1.73. The number of nitrogens with zero attached hydrogens (tertiary/aromatic N) is 3. The highest BCUT2D eigenvalue weighted by molar-refractivity contribution is 5.94. The van der Waals surface area contributed by atoms with Crippen LogP contribution in [0.15, 0.2) is 6.20 Å². The molecule has 1 aromatic heterocycles. The van der Waals surface area contributed by atoms with E-state index in [1.165, 1.54) is 6.20 Å².